The first-order valence-electron chi connectivity index (χ1n) is 6.11. The third kappa shape index (κ3) is 5.23. The van der Waals surface area contributed by atoms with Crippen molar-refractivity contribution < 1.29 is 23.8 Å². The third-order valence-electron chi connectivity index (χ3n) is 2.52. The van der Waals surface area contributed by atoms with Gasteiger partial charge in [-0.05, 0) is 31.0 Å². The molecule has 7 heteroatoms. The number of benzene rings is 1. The number of carboxylic acids is 1. The fourth-order valence-electron chi connectivity index (χ4n) is 1.54. The number of rotatable bonds is 7. The van der Waals surface area contributed by atoms with Crippen molar-refractivity contribution in [1.29, 1.82) is 0 Å². The SMILES string of the molecule is COCCCCNC(=O)Nc1ccc(F)cc1C(=O)O. The third-order valence-corrected chi connectivity index (χ3v) is 2.52. The van der Waals surface area contributed by atoms with E-state index in [0.29, 0.717) is 13.2 Å². The van der Waals surface area contributed by atoms with Gasteiger partial charge in [0.05, 0.1) is 11.3 Å². The second-order valence-corrected chi connectivity index (χ2v) is 4.08. The quantitative estimate of drug-likeness (QED) is 0.669. The number of anilines is 1. The minimum atomic E-state index is -1.31. The predicted octanol–water partition coefficient (Wildman–Crippen LogP) is 2.07. The van der Waals surface area contributed by atoms with E-state index in [4.69, 9.17) is 9.84 Å². The molecule has 0 spiro atoms. The van der Waals surface area contributed by atoms with Crippen LogP contribution in [0, 0.1) is 5.82 Å². The first kappa shape index (κ1) is 15.9. The van der Waals surface area contributed by atoms with Gasteiger partial charge in [0.2, 0.25) is 0 Å². The largest absolute Gasteiger partial charge is 0.478 e. The number of halogens is 1. The number of methoxy groups -OCH3 is 1. The Labute approximate surface area is 115 Å². The first-order chi connectivity index (χ1) is 9.54. The van der Waals surface area contributed by atoms with Gasteiger partial charge in [0.15, 0.2) is 0 Å². The zero-order valence-electron chi connectivity index (χ0n) is 11.1. The van der Waals surface area contributed by atoms with Crippen LogP contribution in [-0.2, 0) is 4.74 Å². The molecule has 0 aliphatic heterocycles. The monoisotopic (exact) mass is 284 g/mol. The molecule has 3 N–H and O–H groups in total. The average Bonchev–Trinajstić information content (AvgIpc) is 2.40. The molecule has 2 amide bonds. The molecule has 0 aliphatic carbocycles. The molecular weight excluding hydrogens is 267 g/mol. The summed E-state index contributed by atoms with van der Waals surface area (Å²) < 4.78 is 17.8. The van der Waals surface area contributed by atoms with Crippen molar-refractivity contribution in [3.63, 3.8) is 0 Å². The van der Waals surface area contributed by atoms with Gasteiger partial charge < -0.3 is 20.5 Å². The van der Waals surface area contributed by atoms with Gasteiger partial charge >= 0.3 is 12.0 Å². The van der Waals surface area contributed by atoms with E-state index in [9.17, 15) is 14.0 Å². The molecule has 0 heterocycles. The van der Waals surface area contributed by atoms with E-state index < -0.39 is 17.8 Å². The summed E-state index contributed by atoms with van der Waals surface area (Å²) in [7, 11) is 1.60. The molecule has 0 saturated carbocycles. The van der Waals surface area contributed by atoms with Crippen molar-refractivity contribution in [2.75, 3.05) is 25.6 Å². The molecule has 1 aromatic rings. The number of hydrogen-bond donors (Lipinski definition) is 3. The maximum absolute atomic E-state index is 13.0. The number of urea groups is 1. The minimum Gasteiger partial charge on any atom is -0.478 e. The first-order valence-corrected chi connectivity index (χ1v) is 6.11. The Morgan fingerprint density at radius 3 is 2.75 bits per heavy atom. The highest BCUT2D eigenvalue weighted by atomic mass is 19.1. The van der Waals surface area contributed by atoms with Gasteiger partial charge in [0.25, 0.3) is 0 Å². The number of ether oxygens (including phenoxy) is 1. The van der Waals surface area contributed by atoms with Crippen LogP contribution < -0.4 is 10.6 Å². The van der Waals surface area contributed by atoms with E-state index in [-0.39, 0.29) is 11.3 Å². The Hall–Kier alpha value is -2.15. The van der Waals surface area contributed by atoms with Crippen molar-refractivity contribution in [1.82, 2.24) is 5.32 Å². The van der Waals surface area contributed by atoms with Gasteiger partial charge in [-0.2, -0.15) is 0 Å². The normalized spacial score (nSPS) is 10.1. The lowest BCUT2D eigenvalue weighted by Crippen LogP contribution is -2.30. The lowest BCUT2D eigenvalue weighted by molar-refractivity contribution is 0.0697. The van der Waals surface area contributed by atoms with Crippen LogP contribution in [0.2, 0.25) is 0 Å². The summed E-state index contributed by atoms with van der Waals surface area (Å²) in [5.74, 6) is -1.98. The summed E-state index contributed by atoms with van der Waals surface area (Å²) in [5, 5.41) is 13.9. The summed E-state index contributed by atoms with van der Waals surface area (Å²) in [6.45, 7) is 1.06. The second-order valence-electron chi connectivity index (χ2n) is 4.08. The molecule has 1 rings (SSSR count). The molecular formula is C13H17FN2O4. The lowest BCUT2D eigenvalue weighted by atomic mass is 10.2. The minimum absolute atomic E-state index is 0.0493. The molecule has 0 saturated heterocycles. The average molecular weight is 284 g/mol. The number of hydrogen-bond acceptors (Lipinski definition) is 3. The van der Waals surface area contributed by atoms with Gasteiger partial charge in [-0.3, -0.25) is 0 Å². The van der Waals surface area contributed by atoms with Crippen molar-refractivity contribution in [3.8, 4) is 0 Å². The molecule has 0 radical (unpaired) electrons. The Morgan fingerprint density at radius 2 is 2.10 bits per heavy atom. The van der Waals surface area contributed by atoms with Gasteiger partial charge in [0, 0.05) is 20.3 Å². The predicted molar refractivity (Wildman–Crippen MR) is 71.5 cm³/mol. The summed E-state index contributed by atoms with van der Waals surface area (Å²) in [5.41, 5.74) is -0.243. The van der Waals surface area contributed by atoms with E-state index in [0.717, 1.165) is 25.0 Å². The molecule has 0 atom stereocenters. The number of amides is 2. The van der Waals surface area contributed by atoms with Crippen molar-refractivity contribution >= 4 is 17.7 Å². The number of carboxylic acid groups (broad SMARTS) is 1. The standard InChI is InChI=1S/C13H17FN2O4/c1-20-7-3-2-6-15-13(19)16-11-5-4-9(14)8-10(11)12(17)18/h4-5,8H,2-3,6-7H2,1H3,(H,17,18)(H2,15,16,19). The van der Waals surface area contributed by atoms with Crippen LogP contribution in [0.4, 0.5) is 14.9 Å². The van der Waals surface area contributed by atoms with Gasteiger partial charge in [-0.25, -0.2) is 14.0 Å². The Bertz CT molecular complexity index is 479. The molecule has 110 valence electrons. The highest BCUT2D eigenvalue weighted by molar-refractivity contribution is 5.99. The lowest BCUT2D eigenvalue weighted by Gasteiger charge is -2.10. The van der Waals surface area contributed by atoms with Crippen LogP contribution in [0.1, 0.15) is 23.2 Å². The van der Waals surface area contributed by atoms with Crippen LogP contribution in [0.5, 0.6) is 0 Å². The topological polar surface area (TPSA) is 87.7 Å². The van der Waals surface area contributed by atoms with E-state index in [1.165, 1.54) is 6.07 Å². The van der Waals surface area contributed by atoms with E-state index in [1.54, 1.807) is 7.11 Å². The molecule has 0 bridgehead atoms. The van der Waals surface area contributed by atoms with Crippen LogP contribution in [0.25, 0.3) is 0 Å². The molecule has 20 heavy (non-hydrogen) atoms. The molecule has 6 nitrogen and oxygen atoms in total. The second kappa shape index (κ2) is 8.11. The van der Waals surface area contributed by atoms with Gasteiger partial charge in [-0.1, -0.05) is 0 Å². The number of nitrogens with one attached hydrogen (secondary N) is 2. The highest BCUT2D eigenvalue weighted by Gasteiger charge is 2.13. The van der Waals surface area contributed by atoms with Gasteiger partial charge in [0.1, 0.15) is 5.82 Å². The molecule has 0 aromatic heterocycles. The Kier molecular flexibility index (Phi) is 6.45. The van der Waals surface area contributed by atoms with Gasteiger partial charge in [-0.15, -0.1) is 0 Å². The number of aromatic carboxylic acids is 1. The van der Waals surface area contributed by atoms with E-state index in [1.807, 2.05) is 0 Å². The van der Waals surface area contributed by atoms with Crippen molar-refractivity contribution in [2.24, 2.45) is 0 Å². The molecule has 0 fully saturated rings. The maximum atomic E-state index is 13.0. The Morgan fingerprint density at radius 1 is 1.35 bits per heavy atom. The van der Waals surface area contributed by atoms with Crippen molar-refractivity contribution in [3.05, 3.63) is 29.6 Å². The summed E-state index contributed by atoms with van der Waals surface area (Å²) in [6, 6.07) is 2.62. The smallest absolute Gasteiger partial charge is 0.337 e. The molecule has 0 unspecified atom stereocenters. The maximum Gasteiger partial charge on any atom is 0.337 e. The summed E-state index contributed by atoms with van der Waals surface area (Å²) in [6.07, 6.45) is 1.56. The molecule has 1 aromatic carbocycles. The van der Waals surface area contributed by atoms with Crippen LogP contribution in [-0.4, -0.2) is 37.4 Å². The zero-order valence-corrected chi connectivity index (χ0v) is 11.1. The van der Waals surface area contributed by atoms with Crippen LogP contribution in [0.3, 0.4) is 0 Å². The van der Waals surface area contributed by atoms with E-state index in [2.05, 4.69) is 10.6 Å². The Balaban J connectivity index is 2.51. The fraction of sp³-hybridized carbons (Fsp3) is 0.385. The zero-order chi connectivity index (χ0) is 15.0. The summed E-state index contributed by atoms with van der Waals surface area (Å²) in [4.78, 5) is 22.5. The number of carbonyl (C=O) groups is 2. The van der Waals surface area contributed by atoms with Crippen molar-refractivity contribution in [2.45, 2.75) is 12.8 Å². The van der Waals surface area contributed by atoms with E-state index >= 15 is 0 Å². The number of carbonyl (C=O) groups excluding carboxylic acids is 1. The fourth-order valence-corrected chi connectivity index (χ4v) is 1.54. The van der Waals surface area contributed by atoms with Crippen LogP contribution in [0.15, 0.2) is 18.2 Å². The van der Waals surface area contributed by atoms with Crippen LogP contribution >= 0.6 is 0 Å². The highest BCUT2D eigenvalue weighted by Crippen LogP contribution is 2.16. The number of unbranched alkanes of at least 4 members (excludes halogenated alkanes) is 1. The summed E-state index contributed by atoms with van der Waals surface area (Å²) >= 11 is 0. The molecule has 0 aliphatic rings.